The van der Waals surface area contributed by atoms with Gasteiger partial charge in [-0.15, -0.1) is 6.58 Å². The van der Waals surface area contributed by atoms with E-state index in [1.807, 2.05) is 0 Å². The van der Waals surface area contributed by atoms with Crippen LogP contribution in [0.2, 0.25) is 0 Å². The predicted octanol–water partition coefficient (Wildman–Crippen LogP) is 1.79. The average Bonchev–Trinajstić information content (AvgIpc) is 2.83. The summed E-state index contributed by atoms with van der Waals surface area (Å²) >= 11 is 0. The standard InChI is InChI=1S/C13H20N2O4S/c1-4-6-7-8-14(3)20(18,19)11-9-12(13(16)17)15(5-2)10-11/h4,9-10H,1,5-8H2,2-3H3,(H,16,17). The Balaban J connectivity index is 3.03. The maximum Gasteiger partial charge on any atom is 0.352 e. The van der Waals surface area contributed by atoms with Crippen molar-refractivity contribution in [2.24, 2.45) is 0 Å². The number of hydrogen-bond donors (Lipinski definition) is 1. The van der Waals surface area contributed by atoms with Crippen LogP contribution in [0.4, 0.5) is 0 Å². The first-order chi connectivity index (χ1) is 9.34. The topological polar surface area (TPSA) is 79.6 Å². The van der Waals surface area contributed by atoms with E-state index in [0.717, 1.165) is 6.42 Å². The first kappa shape index (κ1) is 16.5. The van der Waals surface area contributed by atoms with Gasteiger partial charge in [-0.05, 0) is 25.8 Å². The third-order valence-corrected chi connectivity index (χ3v) is 4.84. The Labute approximate surface area is 119 Å². The van der Waals surface area contributed by atoms with Crippen LogP contribution in [0, 0.1) is 0 Å². The molecule has 0 aliphatic heterocycles. The lowest BCUT2D eigenvalue weighted by Gasteiger charge is -2.15. The van der Waals surface area contributed by atoms with Crippen molar-refractivity contribution in [3.63, 3.8) is 0 Å². The van der Waals surface area contributed by atoms with E-state index in [0.29, 0.717) is 19.5 Å². The summed E-state index contributed by atoms with van der Waals surface area (Å²) in [4.78, 5) is 11.1. The number of allylic oxidation sites excluding steroid dienone is 1. The van der Waals surface area contributed by atoms with E-state index in [9.17, 15) is 13.2 Å². The van der Waals surface area contributed by atoms with Gasteiger partial charge in [-0.25, -0.2) is 17.5 Å². The fourth-order valence-electron chi connectivity index (χ4n) is 1.82. The number of carbonyl (C=O) groups is 1. The molecule has 1 N–H and O–H groups in total. The molecule has 0 atom stereocenters. The second-order valence-corrected chi connectivity index (χ2v) is 6.45. The third-order valence-electron chi connectivity index (χ3n) is 3.02. The Morgan fingerprint density at radius 2 is 2.20 bits per heavy atom. The van der Waals surface area contributed by atoms with Gasteiger partial charge in [0.1, 0.15) is 10.6 Å². The van der Waals surface area contributed by atoms with Gasteiger partial charge in [0, 0.05) is 26.3 Å². The normalized spacial score (nSPS) is 11.8. The van der Waals surface area contributed by atoms with Crippen molar-refractivity contribution in [3.05, 3.63) is 30.6 Å². The number of aryl methyl sites for hydroxylation is 1. The lowest BCUT2D eigenvalue weighted by molar-refractivity contribution is 0.0685. The summed E-state index contributed by atoms with van der Waals surface area (Å²) in [5.74, 6) is -1.14. The second-order valence-electron chi connectivity index (χ2n) is 4.41. The van der Waals surface area contributed by atoms with Crippen LogP contribution in [0.3, 0.4) is 0 Å². The minimum absolute atomic E-state index is 0.0119. The molecule has 1 heterocycles. The molecule has 0 unspecified atom stereocenters. The van der Waals surface area contributed by atoms with Crippen LogP contribution in [-0.2, 0) is 16.6 Å². The van der Waals surface area contributed by atoms with E-state index < -0.39 is 16.0 Å². The molecule has 0 bridgehead atoms. The zero-order chi connectivity index (χ0) is 15.3. The number of aromatic carboxylic acids is 1. The summed E-state index contributed by atoms with van der Waals surface area (Å²) in [5, 5.41) is 9.05. The molecular formula is C13H20N2O4S. The zero-order valence-corrected chi connectivity index (χ0v) is 12.6. The highest BCUT2D eigenvalue weighted by Gasteiger charge is 2.24. The summed E-state index contributed by atoms with van der Waals surface area (Å²) in [6, 6.07) is 1.20. The molecule has 1 aromatic heterocycles. The van der Waals surface area contributed by atoms with E-state index in [1.165, 1.54) is 28.2 Å². The lowest BCUT2D eigenvalue weighted by Crippen LogP contribution is -2.27. The smallest absolute Gasteiger partial charge is 0.352 e. The number of nitrogens with zero attached hydrogens (tertiary/aromatic N) is 2. The van der Waals surface area contributed by atoms with Gasteiger partial charge >= 0.3 is 5.97 Å². The number of unbranched alkanes of at least 4 members (excludes halogenated alkanes) is 1. The Kier molecular flexibility index (Phi) is 5.52. The molecule has 20 heavy (non-hydrogen) atoms. The molecule has 0 aliphatic carbocycles. The number of sulfonamides is 1. The molecule has 112 valence electrons. The molecule has 0 saturated heterocycles. The predicted molar refractivity (Wildman–Crippen MR) is 76.3 cm³/mol. The molecule has 0 radical (unpaired) electrons. The van der Waals surface area contributed by atoms with Gasteiger partial charge in [-0.3, -0.25) is 0 Å². The summed E-state index contributed by atoms with van der Waals surface area (Å²) in [7, 11) is -2.16. The second kappa shape index (κ2) is 6.71. The maximum atomic E-state index is 12.3. The van der Waals surface area contributed by atoms with Gasteiger partial charge in [0.2, 0.25) is 10.0 Å². The summed E-state index contributed by atoms with van der Waals surface area (Å²) < 4.78 is 27.3. The fourth-order valence-corrected chi connectivity index (χ4v) is 3.07. The molecule has 1 aromatic rings. The van der Waals surface area contributed by atoms with E-state index >= 15 is 0 Å². The molecule has 0 spiro atoms. The molecule has 0 amide bonds. The van der Waals surface area contributed by atoms with E-state index in [2.05, 4.69) is 6.58 Å². The van der Waals surface area contributed by atoms with Gasteiger partial charge in [-0.1, -0.05) is 6.08 Å². The Morgan fingerprint density at radius 3 is 2.65 bits per heavy atom. The monoisotopic (exact) mass is 300 g/mol. The maximum absolute atomic E-state index is 12.3. The van der Waals surface area contributed by atoms with Crippen LogP contribution in [0.15, 0.2) is 29.8 Å². The zero-order valence-electron chi connectivity index (χ0n) is 11.7. The number of rotatable bonds is 8. The van der Waals surface area contributed by atoms with Crippen LogP contribution < -0.4 is 0 Å². The van der Waals surface area contributed by atoms with Crippen molar-refractivity contribution in [1.29, 1.82) is 0 Å². The SMILES string of the molecule is C=CCCCN(C)S(=O)(=O)c1cc(C(=O)O)n(CC)c1. The molecule has 0 saturated carbocycles. The minimum Gasteiger partial charge on any atom is -0.477 e. The third kappa shape index (κ3) is 3.49. The quantitative estimate of drug-likeness (QED) is 0.586. The largest absolute Gasteiger partial charge is 0.477 e. The van der Waals surface area contributed by atoms with E-state index in [-0.39, 0.29) is 10.6 Å². The number of carboxylic acid groups (broad SMARTS) is 1. The van der Waals surface area contributed by atoms with Crippen LogP contribution >= 0.6 is 0 Å². The molecule has 0 aromatic carbocycles. The Morgan fingerprint density at radius 1 is 1.55 bits per heavy atom. The van der Waals surface area contributed by atoms with Gasteiger partial charge < -0.3 is 9.67 Å². The number of carboxylic acids is 1. The van der Waals surface area contributed by atoms with Crippen molar-refractivity contribution in [3.8, 4) is 0 Å². The molecule has 0 aliphatic rings. The average molecular weight is 300 g/mol. The fraction of sp³-hybridized carbons (Fsp3) is 0.462. The molecule has 0 fully saturated rings. The van der Waals surface area contributed by atoms with Crippen LogP contribution in [0.25, 0.3) is 0 Å². The van der Waals surface area contributed by atoms with E-state index in [1.54, 1.807) is 13.0 Å². The van der Waals surface area contributed by atoms with Crippen molar-refractivity contribution >= 4 is 16.0 Å². The van der Waals surface area contributed by atoms with Crippen molar-refractivity contribution in [2.75, 3.05) is 13.6 Å². The van der Waals surface area contributed by atoms with Gasteiger partial charge in [0.05, 0.1) is 0 Å². The van der Waals surface area contributed by atoms with Crippen LogP contribution in [0.5, 0.6) is 0 Å². The minimum atomic E-state index is -3.65. The van der Waals surface area contributed by atoms with Crippen LogP contribution in [-0.4, -0.2) is 42.0 Å². The highest BCUT2D eigenvalue weighted by atomic mass is 32.2. The first-order valence-electron chi connectivity index (χ1n) is 6.35. The van der Waals surface area contributed by atoms with Gasteiger partial charge in [-0.2, -0.15) is 0 Å². The molecule has 6 nitrogen and oxygen atoms in total. The number of aromatic nitrogens is 1. The van der Waals surface area contributed by atoms with Crippen molar-refractivity contribution in [2.45, 2.75) is 31.2 Å². The Hall–Kier alpha value is -1.60. The summed E-state index contributed by atoms with van der Waals surface area (Å²) in [6.07, 6.45) is 4.51. The highest BCUT2D eigenvalue weighted by molar-refractivity contribution is 7.89. The molecular weight excluding hydrogens is 280 g/mol. The summed E-state index contributed by atoms with van der Waals surface area (Å²) in [6.45, 7) is 6.12. The molecule has 7 heteroatoms. The molecule has 1 rings (SSSR count). The van der Waals surface area contributed by atoms with E-state index in [4.69, 9.17) is 5.11 Å². The van der Waals surface area contributed by atoms with Crippen molar-refractivity contribution < 1.29 is 18.3 Å². The Bertz CT molecular complexity index is 590. The summed E-state index contributed by atoms with van der Waals surface area (Å²) in [5.41, 5.74) is -0.0226. The first-order valence-corrected chi connectivity index (χ1v) is 7.79. The lowest BCUT2D eigenvalue weighted by atomic mass is 10.3. The van der Waals surface area contributed by atoms with Crippen molar-refractivity contribution in [1.82, 2.24) is 8.87 Å². The van der Waals surface area contributed by atoms with Gasteiger partial charge in [0.15, 0.2) is 0 Å². The highest BCUT2D eigenvalue weighted by Crippen LogP contribution is 2.18. The van der Waals surface area contributed by atoms with Crippen LogP contribution in [0.1, 0.15) is 30.3 Å². The number of hydrogen-bond acceptors (Lipinski definition) is 3. The van der Waals surface area contributed by atoms with Gasteiger partial charge in [0.25, 0.3) is 0 Å².